The fraction of sp³-hybridized carbons (Fsp3) is 0.647. The van der Waals surface area contributed by atoms with Gasteiger partial charge in [0.05, 0.1) is 17.1 Å². The fourth-order valence-corrected chi connectivity index (χ4v) is 4.38. The molecule has 1 saturated heterocycles. The molecule has 1 aliphatic rings. The molecule has 0 aliphatic carbocycles. The molecule has 1 aliphatic heterocycles. The predicted octanol–water partition coefficient (Wildman–Crippen LogP) is 0.732. The Labute approximate surface area is 167 Å². The Morgan fingerprint density at radius 3 is 2.72 bits per heavy atom. The highest BCUT2D eigenvalue weighted by atomic mass is 31.2. The van der Waals surface area contributed by atoms with E-state index in [4.69, 9.17) is 15.0 Å². The van der Waals surface area contributed by atoms with Crippen LogP contribution in [0.1, 0.15) is 39.8 Å². The van der Waals surface area contributed by atoms with Gasteiger partial charge < -0.3 is 39.8 Å². The average Bonchev–Trinajstić information content (AvgIpc) is 3.19. The molecule has 11 nitrogen and oxygen atoms in total. The molecule has 2 aromatic rings. The normalized spacial score (nSPS) is 30.2. The van der Waals surface area contributed by atoms with E-state index in [1.54, 1.807) is 30.7 Å². The lowest BCUT2D eigenvalue weighted by atomic mass is 9.93. The summed E-state index contributed by atoms with van der Waals surface area (Å²) in [5, 5.41) is 31.2. The molecule has 7 atom stereocenters. The zero-order chi connectivity index (χ0) is 21.6. The molecule has 0 spiro atoms. The summed E-state index contributed by atoms with van der Waals surface area (Å²) in [6, 6.07) is 1.68. The van der Waals surface area contributed by atoms with Gasteiger partial charge in [0.2, 0.25) is 0 Å². The summed E-state index contributed by atoms with van der Waals surface area (Å²) in [4.78, 5) is 18.0. The second kappa shape index (κ2) is 7.92. The topological polar surface area (TPSA) is 173 Å². The molecule has 0 bridgehead atoms. The quantitative estimate of drug-likeness (QED) is 0.394. The van der Waals surface area contributed by atoms with E-state index in [-0.39, 0.29) is 12.2 Å². The number of anilines is 1. The Hall–Kier alpha value is -1.59. The number of nitrogen functional groups attached to an aromatic ring is 1. The summed E-state index contributed by atoms with van der Waals surface area (Å²) in [5.41, 5.74) is 5.11. The Morgan fingerprint density at radius 2 is 2.10 bits per heavy atom. The Kier molecular flexibility index (Phi) is 6.03. The fourth-order valence-electron chi connectivity index (χ4n) is 3.39. The maximum atomic E-state index is 12.1. The minimum atomic E-state index is -4.28. The molecule has 0 saturated carbocycles. The van der Waals surface area contributed by atoms with Crippen LogP contribution in [0, 0.1) is 0 Å². The SMILES string of the molecule is CCC(C)(C[C@H]1O[C@@H](n2ccc3c(N)ncnc32)[C@H](O)[C@@H]1O)OP(=O)(O)C(C)O. The minimum absolute atomic E-state index is 0.0197. The summed E-state index contributed by atoms with van der Waals surface area (Å²) in [7, 11) is -4.28. The van der Waals surface area contributed by atoms with E-state index in [0.717, 1.165) is 0 Å². The van der Waals surface area contributed by atoms with Gasteiger partial charge >= 0.3 is 7.60 Å². The molecule has 0 aromatic carbocycles. The summed E-state index contributed by atoms with van der Waals surface area (Å²) < 4.78 is 24.9. The number of nitrogens with zero attached hydrogens (tertiary/aromatic N) is 3. The lowest BCUT2D eigenvalue weighted by Gasteiger charge is -2.34. The maximum absolute atomic E-state index is 12.1. The number of hydrogen-bond acceptors (Lipinski definition) is 9. The van der Waals surface area contributed by atoms with Crippen LogP contribution in [0.15, 0.2) is 18.6 Å². The standard InChI is InChI=1S/C17H27N4O7P/c1-4-17(3,28-29(25,26)9(2)22)7-11-12(23)13(24)16(27-11)21-6-5-10-14(18)19-8-20-15(10)21/h5-6,8-9,11-13,16,22-24H,4,7H2,1-3H3,(H,25,26)(H2,18,19,20)/t9?,11-,12-,13-,16-,17?/m1/s1. The number of ether oxygens (including phenoxy) is 1. The molecule has 29 heavy (non-hydrogen) atoms. The van der Waals surface area contributed by atoms with Gasteiger partial charge in [-0.15, -0.1) is 0 Å². The van der Waals surface area contributed by atoms with Crippen LogP contribution in [-0.4, -0.2) is 64.5 Å². The highest BCUT2D eigenvalue weighted by molar-refractivity contribution is 7.53. The first-order valence-corrected chi connectivity index (χ1v) is 10.9. The van der Waals surface area contributed by atoms with Crippen LogP contribution in [0.25, 0.3) is 11.0 Å². The van der Waals surface area contributed by atoms with Crippen molar-refractivity contribution in [3.8, 4) is 0 Å². The van der Waals surface area contributed by atoms with Crippen molar-refractivity contribution < 1.29 is 34.0 Å². The number of rotatable bonds is 7. The Balaban J connectivity index is 1.83. The third-order valence-electron chi connectivity index (χ3n) is 5.36. The van der Waals surface area contributed by atoms with E-state index >= 15 is 0 Å². The second-order valence-electron chi connectivity index (χ2n) is 7.56. The van der Waals surface area contributed by atoms with Crippen molar-refractivity contribution in [3.05, 3.63) is 18.6 Å². The van der Waals surface area contributed by atoms with Crippen molar-refractivity contribution in [2.45, 2.75) is 69.6 Å². The summed E-state index contributed by atoms with van der Waals surface area (Å²) in [6.07, 6.45) is -1.11. The Bertz CT molecular complexity index is 922. The molecule has 2 aromatic heterocycles. The van der Waals surface area contributed by atoms with Gasteiger partial charge in [0.15, 0.2) is 12.1 Å². The van der Waals surface area contributed by atoms with Crippen LogP contribution in [-0.2, 0) is 13.8 Å². The molecule has 1 fully saturated rings. The van der Waals surface area contributed by atoms with E-state index in [0.29, 0.717) is 17.5 Å². The molecule has 162 valence electrons. The van der Waals surface area contributed by atoms with Gasteiger partial charge in [-0.3, -0.25) is 4.57 Å². The molecule has 0 amide bonds. The number of aromatic nitrogens is 3. The van der Waals surface area contributed by atoms with Crippen LogP contribution in [0.5, 0.6) is 0 Å². The van der Waals surface area contributed by atoms with Gasteiger partial charge in [-0.1, -0.05) is 6.92 Å². The molecule has 3 rings (SSSR count). The molecule has 12 heteroatoms. The molecule has 3 heterocycles. The highest BCUT2D eigenvalue weighted by Gasteiger charge is 2.48. The third-order valence-corrected chi connectivity index (χ3v) is 7.00. The van der Waals surface area contributed by atoms with Crippen LogP contribution < -0.4 is 5.73 Å². The van der Waals surface area contributed by atoms with Crippen molar-refractivity contribution >= 4 is 24.4 Å². The van der Waals surface area contributed by atoms with Gasteiger partial charge in [0, 0.05) is 12.6 Å². The van der Waals surface area contributed by atoms with Crippen LogP contribution in [0.2, 0.25) is 0 Å². The lowest BCUT2D eigenvalue weighted by molar-refractivity contribution is -0.0664. The van der Waals surface area contributed by atoms with Gasteiger partial charge in [0.25, 0.3) is 0 Å². The first-order chi connectivity index (χ1) is 13.5. The van der Waals surface area contributed by atoms with E-state index < -0.39 is 43.6 Å². The molecule has 3 unspecified atom stereocenters. The maximum Gasteiger partial charge on any atom is 0.356 e. The molecular weight excluding hydrogens is 403 g/mol. The van der Waals surface area contributed by atoms with Crippen molar-refractivity contribution in [2.24, 2.45) is 0 Å². The Morgan fingerprint density at radius 1 is 1.41 bits per heavy atom. The number of aliphatic hydroxyl groups excluding tert-OH is 3. The van der Waals surface area contributed by atoms with E-state index in [1.807, 2.05) is 0 Å². The van der Waals surface area contributed by atoms with Gasteiger partial charge in [0.1, 0.15) is 30.0 Å². The number of nitrogens with two attached hydrogens (primary N) is 1. The molecule has 6 N–H and O–H groups in total. The van der Waals surface area contributed by atoms with Crippen molar-refractivity contribution in [2.75, 3.05) is 5.73 Å². The highest BCUT2D eigenvalue weighted by Crippen LogP contribution is 2.52. The van der Waals surface area contributed by atoms with Gasteiger partial charge in [-0.2, -0.15) is 0 Å². The lowest BCUT2D eigenvalue weighted by Crippen LogP contribution is -2.38. The van der Waals surface area contributed by atoms with Crippen molar-refractivity contribution in [1.29, 1.82) is 0 Å². The van der Waals surface area contributed by atoms with Gasteiger partial charge in [-0.25, -0.2) is 9.97 Å². The predicted molar refractivity (Wildman–Crippen MR) is 104 cm³/mol. The number of fused-ring (bicyclic) bond motifs is 1. The minimum Gasteiger partial charge on any atom is -0.388 e. The summed E-state index contributed by atoms with van der Waals surface area (Å²) in [5.74, 6) is -1.28. The third kappa shape index (κ3) is 4.17. The monoisotopic (exact) mass is 430 g/mol. The summed E-state index contributed by atoms with van der Waals surface area (Å²) >= 11 is 0. The van der Waals surface area contributed by atoms with E-state index in [2.05, 4.69) is 9.97 Å². The average molecular weight is 430 g/mol. The van der Waals surface area contributed by atoms with Crippen LogP contribution >= 0.6 is 7.60 Å². The number of hydrogen-bond donors (Lipinski definition) is 5. The zero-order valence-corrected chi connectivity index (χ0v) is 17.3. The largest absolute Gasteiger partial charge is 0.388 e. The van der Waals surface area contributed by atoms with Crippen LogP contribution in [0.3, 0.4) is 0 Å². The second-order valence-corrected chi connectivity index (χ2v) is 9.62. The molecular formula is C17H27N4O7P. The number of aliphatic hydroxyl groups is 3. The van der Waals surface area contributed by atoms with Crippen molar-refractivity contribution in [1.82, 2.24) is 14.5 Å². The van der Waals surface area contributed by atoms with Crippen LogP contribution in [0.4, 0.5) is 5.82 Å². The molecule has 0 radical (unpaired) electrons. The van der Waals surface area contributed by atoms with E-state index in [9.17, 15) is 24.8 Å². The smallest absolute Gasteiger partial charge is 0.356 e. The summed E-state index contributed by atoms with van der Waals surface area (Å²) in [6.45, 7) is 4.51. The van der Waals surface area contributed by atoms with Gasteiger partial charge in [-0.05, 0) is 26.3 Å². The van der Waals surface area contributed by atoms with Crippen molar-refractivity contribution in [3.63, 3.8) is 0 Å². The first kappa shape index (κ1) is 22.1. The first-order valence-electron chi connectivity index (χ1n) is 9.29. The van der Waals surface area contributed by atoms with E-state index in [1.165, 1.54) is 13.3 Å². The zero-order valence-electron chi connectivity index (χ0n) is 16.4.